The molecule has 0 aromatic carbocycles. The molecule has 5 nitrogen and oxygen atoms in total. The Kier molecular flexibility index (Phi) is 3.34. The molecule has 1 amide bonds. The van der Waals surface area contributed by atoms with Crippen LogP contribution in [0.25, 0.3) is 0 Å². The normalized spacial score (nSPS) is 29.9. The van der Waals surface area contributed by atoms with Gasteiger partial charge in [0, 0.05) is 12.4 Å². The number of primary amides is 1. The molecular formula is C15H20N4O. The van der Waals surface area contributed by atoms with E-state index in [1.54, 1.807) is 6.20 Å². The molecule has 3 rings (SSSR count). The number of hydrogen-bond donors (Lipinski definition) is 3. The van der Waals surface area contributed by atoms with Gasteiger partial charge in [-0.3, -0.25) is 9.79 Å². The summed E-state index contributed by atoms with van der Waals surface area (Å²) < 4.78 is 0. The zero-order valence-corrected chi connectivity index (χ0v) is 11.4. The fourth-order valence-corrected chi connectivity index (χ4v) is 3.57. The second-order valence-corrected chi connectivity index (χ2v) is 5.75. The lowest BCUT2D eigenvalue weighted by Crippen LogP contribution is -2.25. The summed E-state index contributed by atoms with van der Waals surface area (Å²) in [5, 5.41) is 0. The number of rotatable bonds is 4. The number of H-pyrrole nitrogens is 1. The van der Waals surface area contributed by atoms with Crippen LogP contribution in [0.5, 0.6) is 0 Å². The molecule has 0 radical (unpaired) electrons. The SMILES string of the molecule is NC=C(C(N)=O)C(=N[C@H]1CC2CCC1C2)c1ccc[nH]1. The minimum atomic E-state index is -0.538. The first-order chi connectivity index (χ1) is 9.69. The van der Waals surface area contributed by atoms with Crippen molar-refractivity contribution in [2.45, 2.75) is 31.7 Å². The minimum absolute atomic E-state index is 0.287. The van der Waals surface area contributed by atoms with E-state index in [4.69, 9.17) is 16.5 Å². The number of hydrogen-bond acceptors (Lipinski definition) is 3. The highest BCUT2D eigenvalue weighted by molar-refractivity contribution is 6.27. The smallest absolute Gasteiger partial charge is 0.252 e. The predicted molar refractivity (Wildman–Crippen MR) is 78.0 cm³/mol. The molecule has 1 aromatic heterocycles. The first-order valence-electron chi connectivity index (χ1n) is 7.12. The number of amides is 1. The molecule has 0 aliphatic heterocycles. The van der Waals surface area contributed by atoms with E-state index in [2.05, 4.69) is 4.98 Å². The van der Waals surface area contributed by atoms with Crippen molar-refractivity contribution in [2.24, 2.45) is 28.3 Å². The summed E-state index contributed by atoms with van der Waals surface area (Å²) in [4.78, 5) is 19.5. The topological polar surface area (TPSA) is 97.3 Å². The molecule has 5 N–H and O–H groups in total. The van der Waals surface area contributed by atoms with E-state index in [1.807, 2.05) is 12.1 Å². The lowest BCUT2D eigenvalue weighted by Gasteiger charge is -2.19. The van der Waals surface area contributed by atoms with Gasteiger partial charge in [-0.15, -0.1) is 0 Å². The molecule has 0 saturated heterocycles. The van der Waals surface area contributed by atoms with Gasteiger partial charge in [-0.1, -0.05) is 6.42 Å². The number of aromatic nitrogens is 1. The van der Waals surface area contributed by atoms with E-state index < -0.39 is 5.91 Å². The first-order valence-corrected chi connectivity index (χ1v) is 7.12. The highest BCUT2D eigenvalue weighted by Gasteiger charge is 2.39. The fraction of sp³-hybridized carbons (Fsp3) is 0.467. The third-order valence-corrected chi connectivity index (χ3v) is 4.54. The van der Waals surface area contributed by atoms with Crippen molar-refractivity contribution in [3.8, 4) is 0 Å². The second-order valence-electron chi connectivity index (χ2n) is 5.75. The lowest BCUT2D eigenvalue weighted by molar-refractivity contribution is -0.114. The van der Waals surface area contributed by atoms with Crippen LogP contribution in [0.1, 0.15) is 31.4 Å². The highest BCUT2D eigenvalue weighted by atomic mass is 16.1. The van der Waals surface area contributed by atoms with Gasteiger partial charge in [0.2, 0.25) is 0 Å². The Balaban J connectivity index is 1.95. The van der Waals surface area contributed by atoms with E-state index in [1.165, 1.54) is 25.5 Å². The maximum atomic E-state index is 11.6. The molecule has 3 atom stereocenters. The Morgan fingerprint density at radius 2 is 2.25 bits per heavy atom. The summed E-state index contributed by atoms with van der Waals surface area (Å²) in [5.74, 6) is 0.915. The number of fused-ring (bicyclic) bond motifs is 2. The average Bonchev–Trinajstić information content (AvgIpc) is 3.15. The minimum Gasteiger partial charge on any atom is -0.404 e. The van der Waals surface area contributed by atoms with Gasteiger partial charge in [-0.05, 0) is 43.2 Å². The molecule has 2 aliphatic carbocycles. The van der Waals surface area contributed by atoms with Crippen LogP contribution >= 0.6 is 0 Å². The van der Waals surface area contributed by atoms with Gasteiger partial charge in [0.15, 0.2) is 0 Å². The van der Waals surface area contributed by atoms with Gasteiger partial charge in [-0.2, -0.15) is 0 Å². The van der Waals surface area contributed by atoms with Crippen LogP contribution in [0.4, 0.5) is 0 Å². The van der Waals surface area contributed by atoms with Crippen molar-refractivity contribution < 1.29 is 4.79 Å². The van der Waals surface area contributed by atoms with Gasteiger partial charge in [0.1, 0.15) is 0 Å². The van der Waals surface area contributed by atoms with Gasteiger partial charge < -0.3 is 16.5 Å². The number of nitrogens with two attached hydrogens (primary N) is 2. The van der Waals surface area contributed by atoms with Crippen molar-refractivity contribution in [3.63, 3.8) is 0 Å². The lowest BCUT2D eigenvalue weighted by atomic mass is 9.95. The monoisotopic (exact) mass is 272 g/mol. The van der Waals surface area contributed by atoms with Crippen LogP contribution in [0.3, 0.4) is 0 Å². The molecule has 2 saturated carbocycles. The van der Waals surface area contributed by atoms with Crippen molar-refractivity contribution in [1.82, 2.24) is 4.98 Å². The van der Waals surface area contributed by atoms with E-state index in [0.29, 0.717) is 17.7 Å². The number of nitrogens with zero attached hydrogens (tertiary/aromatic N) is 1. The van der Waals surface area contributed by atoms with Gasteiger partial charge in [0.05, 0.1) is 23.0 Å². The fourth-order valence-electron chi connectivity index (χ4n) is 3.57. The van der Waals surface area contributed by atoms with Crippen molar-refractivity contribution in [1.29, 1.82) is 0 Å². The summed E-state index contributed by atoms with van der Waals surface area (Å²) in [6, 6.07) is 4.06. The van der Waals surface area contributed by atoms with Crippen LogP contribution in [0.15, 0.2) is 35.1 Å². The average molecular weight is 272 g/mol. The predicted octanol–water partition coefficient (Wildman–Crippen LogP) is 1.32. The summed E-state index contributed by atoms with van der Waals surface area (Å²) in [6.07, 6.45) is 8.02. The summed E-state index contributed by atoms with van der Waals surface area (Å²) >= 11 is 0. The summed E-state index contributed by atoms with van der Waals surface area (Å²) in [5.41, 5.74) is 12.7. The maximum absolute atomic E-state index is 11.6. The molecule has 1 aromatic rings. The number of aromatic amines is 1. The molecule has 1 heterocycles. The Hall–Kier alpha value is -2.04. The standard InChI is InChI=1S/C15H20N4O/c16-8-11(15(17)20)14(12-2-1-5-18-12)19-13-7-9-3-4-10(13)6-9/h1-2,5,8-10,13,18H,3-4,6-7,16H2,(H2,17,20)/t9?,10?,13-/m0/s1. The van der Waals surface area contributed by atoms with Gasteiger partial charge in [-0.25, -0.2) is 0 Å². The Bertz CT molecular complexity index is 558. The summed E-state index contributed by atoms with van der Waals surface area (Å²) in [6.45, 7) is 0. The summed E-state index contributed by atoms with van der Waals surface area (Å²) in [7, 11) is 0. The Morgan fingerprint density at radius 3 is 2.75 bits per heavy atom. The molecule has 20 heavy (non-hydrogen) atoms. The number of nitrogens with one attached hydrogen (secondary N) is 1. The van der Waals surface area contributed by atoms with Crippen LogP contribution in [-0.2, 0) is 4.79 Å². The first kappa shape index (κ1) is 13.0. The van der Waals surface area contributed by atoms with Crippen LogP contribution in [-0.4, -0.2) is 22.6 Å². The zero-order chi connectivity index (χ0) is 14.1. The van der Waals surface area contributed by atoms with Crippen molar-refractivity contribution >= 4 is 11.6 Å². The quantitative estimate of drug-likeness (QED) is 0.569. The van der Waals surface area contributed by atoms with Crippen molar-refractivity contribution in [3.05, 3.63) is 35.8 Å². The second kappa shape index (κ2) is 5.15. The van der Waals surface area contributed by atoms with E-state index >= 15 is 0 Å². The van der Waals surface area contributed by atoms with E-state index in [0.717, 1.165) is 18.0 Å². The molecule has 106 valence electrons. The molecule has 2 bridgehead atoms. The molecule has 2 unspecified atom stereocenters. The number of aliphatic imine (C=N–C) groups is 1. The van der Waals surface area contributed by atoms with Crippen LogP contribution < -0.4 is 11.5 Å². The Morgan fingerprint density at radius 1 is 1.40 bits per heavy atom. The molecule has 0 spiro atoms. The third-order valence-electron chi connectivity index (χ3n) is 4.54. The van der Waals surface area contributed by atoms with Crippen molar-refractivity contribution in [2.75, 3.05) is 0 Å². The zero-order valence-electron chi connectivity index (χ0n) is 11.4. The van der Waals surface area contributed by atoms with Gasteiger partial charge in [0.25, 0.3) is 5.91 Å². The molecular weight excluding hydrogens is 252 g/mol. The number of carbonyl (C=O) groups is 1. The van der Waals surface area contributed by atoms with Gasteiger partial charge >= 0.3 is 0 Å². The molecule has 2 aliphatic rings. The molecule has 5 heteroatoms. The van der Waals surface area contributed by atoms with Crippen LogP contribution in [0.2, 0.25) is 0 Å². The van der Waals surface area contributed by atoms with E-state index in [-0.39, 0.29) is 5.57 Å². The third kappa shape index (κ3) is 2.24. The Labute approximate surface area is 118 Å². The highest BCUT2D eigenvalue weighted by Crippen LogP contribution is 2.46. The van der Waals surface area contributed by atoms with E-state index in [9.17, 15) is 4.79 Å². The number of carbonyl (C=O) groups excluding carboxylic acids is 1. The maximum Gasteiger partial charge on any atom is 0.252 e. The molecule has 2 fully saturated rings. The van der Waals surface area contributed by atoms with Crippen LogP contribution in [0, 0.1) is 11.8 Å². The largest absolute Gasteiger partial charge is 0.404 e.